The van der Waals surface area contributed by atoms with Crippen LogP contribution in [0.15, 0.2) is 43.0 Å². The highest BCUT2D eigenvalue weighted by Gasteiger charge is 2.03. The van der Waals surface area contributed by atoms with Crippen molar-refractivity contribution < 1.29 is 4.79 Å². The molecule has 74 valence electrons. The van der Waals surface area contributed by atoms with Gasteiger partial charge in [-0.1, -0.05) is 36.9 Å². The summed E-state index contributed by atoms with van der Waals surface area (Å²) in [5.74, 6) is 0.0587. The zero-order valence-electron chi connectivity index (χ0n) is 8.44. The maximum absolute atomic E-state index is 11.1. The first-order valence-corrected chi connectivity index (χ1v) is 4.60. The van der Waals surface area contributed by atoms with Crippen LogP contribution < -0.4 is 0 Å². The lowest BCUT2D eigenvalue weighted by molar-refractivity contribution is -0.115. The maximum atomic E-state index is 11.1. The second kappa shape index (κ2) is 5.35. The highest BCUT2D eigenvalue weighted by atomic mass is 16.1. The summed E-state index contributed by atoms with van der Waals surface area (Å²) >= 11 is 0. The fourth-order valence-electron chi connectivity index (χ4n) is 1.28. The third-order valence-electron chi connectivity index (χ3n) is 1.95. The van der Waals surface area contributed by atoms with Gasteiger partial charge in [-0.05, 0) is 18.7 Å². The molecule has 1 rings (SSSR count). The fraction of sp³-hybridized carbons (Fsp3) is 0.250. The van der Waals surface area contributed by atoms with Crippen LogP contribution in [0.3, 0.4) is 0 Å². The van der Waals surface area contributed by atoms with Crippen molar-refractivity contribution in [3.63, 3.8) is 0 Å². The van der Waals surface area contributed by atoms with E-state index in [1.165, 1.54) is 11.6 Å². The van der Waals surface area contributed by atoms with Gasteiger partial charge in [-0.15, -0.1) is 0 Å². The molecule has 0 atom stereocenters. The Morgan fingerprint density at radius 1 is 1.43 bits per heavy atom. The van der Waals surface area contributed by atoms with E-state index in [-0.39, 0.29) is 5.78 Å². The van der Waals surface area contributed by atoms with E-state index < -0.39 is 0 Å². The molecule has 0 unspecified atom stereocenters. The van der Waals surface area contributed by atoms with Crippen molar-refractivity contribution in [2.45, 2.75) is 6.54 Å². The van der Waals surface area contributed by atoms with E-state index >= 15 is 0 Å². The number of rotatable bonds is 5. The maximum Gasteiger partial charge on any atom is 0.169 e. The average molecular weight is 189 g/mol. The molecule has 0 N–H and O–H groups in total. The molecule has 1 aromatic carbocycles. The summed E-state index contributed by atoms with van der Waals surface area (Å²) in [6.45, 7) is 4.67. The minimum atomic E-state index is 0.0587. The molecule has 0 heterocycles. The summed E-state index contributed by atoms with van der Waals surface area (Å²) in [6.07, 6.45) is 1.36. The average Bonchev–Trinajstić information content (AvgIpc) is 2.19. The van der Waals surface area contributed by atoms with Gasteiger partial charge in [0.25, 0.3) is 0 Å². The molecule has 0 saturated carbocycles. The number of carbonyl (C=O) groups is 1. The standard InChI is InChI=1S/C12H15NO/c1-3-12(14)10-13(2)9-11-7-5-4-6-8-11/h3-8H,1,9-10H2,2H3. The second-order valence-electron chi connectivity index (χ2n) is 3.33. The van der Waals surface area contributed by atoms with E-state index in [0.717, 1.165) is 6.54 Å². The molecule has 0 aromatic heterocycles. The van der Waals surface area contributed by atoms with E-state index in [1.54, 1.807) is 0 Å². The smallest absolute Gasteiger partial charge is 0.169 e. The predicted octanol–water partition coefficient (Wildman–Crippen LogP) is 1.87. The topological polar surface area (TPSA) is 20.3 Å². The Kier molecular flexibility index (Phi) is 4.08. The van der Waals surface area contributed by atoms with E-state index in [4.69, 9.17) is 0 Å². The highest BCUT2D eigenvalue weighted by Crippen LogP contribution is 2.01. The summed E-state index contributed by atoms with van der Waals surface area (Å²) in [5, 5.41) is 0. The lowest BCUT2D eigenvalue weighted by Crippen LogP contribution is -2.24. The van der Waals surface area contributed by atoms with Crippen LogP contribution in [-0.4, -0.2) is 24.3 Å². The minimum absolute atomic E-state index is 0.0587. The van der Waals surface area contributed by atoms with Crippen LogP contribution >= 0.6 is 0 Å². The molecule has 2 heteroatoms. The summed E-state index contributed by atoms with van der Waals surface area (Å²) in [5.41, 5.74) is 1.21. The molecule has 0 radical (unpaired) electrons. The molecule has 0 spiro atoms. The molecule has 2 nitrogen and oxygen atoms in total. The Hall–Kier alpha value is -1.41. The van der Waals surface area contributed by atoms with Crippen LogP contribution in [0.2, 0.25) is 0 Å². The molecule has 0 aliphatic rings. The van der Waals surface area contributed by atoms with Crippen molar-refractivity contribution in [2.75, 3.05) is 13.6 Å². The van der Waals surface area contributed by atoms with Crippen molar-refractivity contribution in [1.82, 2.24) is 4.90 Å². The van der Waals surface area contributed by atoms with Gasteiger partial charge in [0, 0.05) is 6.54 Å². The number of likely N-dealkylation sites (N-methyl/N-ethyl adjacent to an activating group) is 1. The molecule has 0 fully saturated rings. The number of nitrogens with zero attached hydrogens (tertiary/aromatic N) is 1. The quantitative estimate of drug-likeness (QED) is 0.659. The first-order chi connectivity index (χ1) is 6.72. The molecule has 0 aliphatic heterocycles. The third kappa shape index (κ3) is 3.54. The molecule has 0 aliphatic carbocycles. The van der Waals surface area contributed by atoms with Crippen LogP contribution in [0, 0.1) is 0 Å². The lowest BCUT2D eigenvalue weighted by atomic mass is 10.2. The van der Waals surface area contributed by atoms with Gasteiger partial charge in [-0.2, -0.15) is 0 Å². The SMILES string of the molecule is C=CC(=O)CN(C)Cc1ccccc1. The van der Waals surface area contributed by atoms with E-state index in [2.05, 4.69) is 18.7 Å². The van der Waals surface area contributed by atoms with Gasteiger partial charge in [-0.3, -0.25) is 9.69 Å². The number of hydrogen-bond donors (Lipinski definition) is 0. The molecular weight excluding hydrogens is 174 g/mol. The lowest BCUT2D eigenvalue weighted by Gasteiger charge is -2.14. The summed E-state index contributed by atoms with van der Waals surface area (Å²) < 4.78 is 0. The zero-order chi connectivity index (χ0) is 10.4. The molecule has 14 heavy (non-hydrogen) atoms. The highest BCUT2D eigenvalue weighted by molar-refractivity contribution is 5.90. The number of benzene rings is 1. The Bertz CT molecular complexity index is 305. The van der Waals surface area contributed by atoms with Gasteiger partial charge in [0.2, 0.25) is 0 Å². The number of ketones is 1. The Balaban J connectivity index is 2.45. The predicted molar refractivity (Wildman–Crippen MR) is 58.0 cm³/mol. The monoisotopic (exact) mass is 189 g/mol. The van der Waals surface area contributed by atoms with E-state index in [0.29, 0.717) is 6.54 Å². The first kappa shape index (κ1) is 10.7. The van der Waals surface area contributed by atoms with Gasteiger partial charge in [-0.25, -0.2) is 0 Å². The Morgan fingerprint density at radius 3 is 2.64 bits per heavy atom. The van der Waals surface area contributed by atoms with Crippen molar-refractivity contribution >= 4 is 5.78 Å². The molecule has 1 aromatic rings. The molecule has 0 bridgehead atoms. The summed E-state index contributed by atoms with van der Waals surface area (Å²) in [6, 6.07) is 10.1. The Morgan fingerprint density at radius 2 is 2.07 bits per heavy atom. The molecule has 0 saturated heterocycles. The summed E-state index contributed by atoms with van der Waals surface area (Å²) in [7, 11) is 1.92. The van der Waals surface area contributed by atoms with Crippen LogP contribution in [0.1, 0.15) is 5.56 Å². The first-order valence-electron chi connectivity index (χ1n) is 4.60. The molecule has 0 amide bonds. The van der Waals surface area contributed by atoms with Gasteiger partial charge >= 0.3 is 0 Å². The second-order valence-corrected chi connectivity index (χ2v) is 3.33. The molecular formula is C12H15NO. The van der Waals surface area contributed by atoms with Crippen molar-refractivity contribution in [1.29, 1.82) is 0 Å². The van der Waals surface area contributed by atoms with E-state index in [1.807, 2.05) is 30.1 Å². The normalized spacial score (nSPS) is 10.1. The number of carbonyl (C=O) groups excluding carboxylic acids is 1. The van der Waals surface area contributed by atoms with E-state index in [9.17, 15) is 4.79 Å². The van der Waals surface area contributed by atoms with Gasteiger partial charge in [0.05, 0.1) is 6.54 Å². The number of hydrogen-bond acceptors (Lipinski definition) is 2. The largest absolute Gasteiger partial charge is 0.295 e. The van der Waals surface area contributed by atoms with Crippen LogP contribution in [0.25, 0.3) is 0 Å². The Labute approximate surface area is 84.9 Å². The van der Waals surface area contributed by atoms with Gasteiger partial charge in [0.15, 0.2) is 5.78 Å². The third-order valence-corrected chi connectivity index (χ3v) is 1.95. The fourth-order valence-corrected chi connectivity index (χ4v) is 1.28. The van der Waals surface area contributed by atoms with Crippen LogP contribution in [0.4, 0.5) is 0 Å². The van der Waals surface area contributed by atoms with Gasteiger partial charge in [0.1, 0.15) is 0 Å². The van der Waals surface area contributed by atoms with Crippen molar-refractivity contribution in [2.24, 2.45) is 0 Å². The van der Waals surface area contributed by atoms with Crippen LogP contribution in [0.5, 0.6) is 0 Å². The van der Waals surface area contributed by atoms with Crippen molar-refractivity contribution in [3.8, 4) is 0 Å². The zero-order valence-corrected chi connectivity index (χ0v) is 8.44. The van der Waals surface area contributed by atoms with Crippen molar-refractivity contribution in [3.05, 3.63) is 48.6 Å². The van der Waals surface area contributed by atoms with Crippen LogP contribution in [-0.2, 0) is 11.3 Å². The van der Waals surface area contributed by atoms with Gasteiger partial charge < -0.3 is 0 Å². The minimum Gasteiger partial charge on any atom is -0.295 e. The summed E-state index contributed by atoms with van der Waals surface area (Å²) in [4.78, 5) is 13.0.